The molecule has 0 aliphatic carbocycles. The summed E-state index contributed by atoms with van der Waals surface area (Å²) in [5.74, 6) is 1.30. The van der Waals surface area contributed by atoms with Crippen molar-refractivity contribution in [2.75, 3.05) is 18.4 Å². The molecule has 0 aromatic carbocycles. The molecule has 5 heteroatoms. The van der Waals surface area contributed by atoms with Crippen LogP contribution in [0.25, 0.3) is 5.52 Å². The van der Waals surface area contributed by atoms with E-state index in [9.17, 15) is 0 Å². The molecule has 0 spiro atoms. The molecule has 2 aromatic heterocycles. The van der Waals surface area contributed by atoms with Gasteiger partial charge in [0.1, 0.15) is 5.52 Å². The summed E-state index contributed by atoms with van der Waals surface area (Å²) in [6.45, 7) is 3.60. The summed E-state index contributed by atoms with van der Waals surface area (Å²) in [6.07, 6.45) is 5.32. The molecule has 15 heavy (non-hydrogen) atoms. The van der Waals surface area contributed by atoms with Crippen molar-refractivity contribution in [2.45, 2.75) is 6.92 Å². The minimum absolute atomic E-state index is 0.440. The predicted octanol–water partition coefficient (Wildman–Crippen LogP) is 0.736. The summed E-state index contributed by atoms with van der Waals surface area (Å²) < 4.78 is 1.79. The van der Waals surface area contributed by atoms with E-state index < -0.39 is 0 Å². The summed E-state index contributed by atoms with van der Waals surface area (Å²) >= 11 is 0. The Kier molecular flexibility index (Phi) is 2.82. The van der Waals surface area contributed by atoms with E-state index in [0.717, 1.165) is 17.9 Å². The van der Waals surface area contributed by atoms with Crippen LogP contribution in [0.5, 0.6) is 0 Å². The zero-order valence-electron chi connectivity index (χ0n) is 8.72. The lowest BCUT2D eigenvalue weighted by atomic mass is 10.2. The number of nitrogens with one attached hydrogen (secondary N) is 1. The van der Waals surface area contributed by atoms with Gasteiger partial charge >= 0.3 is 0 Å². The standard InChI is InChI=1S/C10H15N5/c1-8(6-11)7-13-10-9-2-3-14-15(9)5-4-12-10/h2-5,8H,6-7,11H2,1H3,(H,12,13). The zero-order valence-corrected chi connectivity index (χ0v) is 8.72. The number of nitrogens with two attached hydrogens (primary N) is 1. The highest BCUT2D eigenvalue weighted by Gasteiger charge is 2.04. The van der Waals surface area contributed by atoms with Crippen molar-refractivity contribution < 1.29 is 0 Å². The Labute approximate surface area is 88.3 Å². The van der Waals surface area contributed by atoms with Gasteiger partial charge in [-0.15, -0.1) is 0 Å². The van der Waals surface area contributed by atoms with Gasteiger partial charge in [-0.2, -0.15) is 5.10 Å². The van der Waals surface area contributed by atoms with Crippen molar-refractivity contribution in [1.82, 2.24) is 14.6 Å². The molecule has 0 aliphatic rings. The zero-order chi connectivity index (χ0) is 10.7. The molecule has 0 fully saturated rings. The summed E-state index contributed by atoms with van der Waals surface area (Å²) in [5, 5.41) is 7.41. The van der Waals surface area contributed by atoms with Crippen LogP contribution in [0.1, 0.15) is 6.92 Å². The Morgan fingerprint density at radius 2 is 2.40 bits per heavy atom. The van der Waals surface area contributed by atoms with Crippen LogP contribution in [0.3, 0.4) is 0 Å². The van der Waals surface area contributed by atoms with Crippen LogP contribution in [0.4, 0.5) is 5.82 Å². The van der Waals surface area contributed by atoms with Crippen LogP contribution in [-0.4, -0.2) is 27.7 Å². The average molecular weight is 205 g/mol. The average Bonchev–Trinajstić information content (AvgIpc) is 2.74. The SMILES string of the molecule is CC(CN)CNc1nccn2nccc12. The monoisotopic (exact) mass is 205 g/mol. The second-order valence-corrected chi connectivity index (χ2v) is 3.66. The van der Waals surface area contributed by atoms with Crippen molar-refractivity contribution in [3.8, 4) is 0 Å². The number of aromatic nitrogens is 3. The number of rotatable bonds is 4. The molecule has 0 amide bonds. The molecule has 80 valence electrons. The maximum absolute atomic E-state index is 5.55. The maximum Gasteiger partial charge on any atom is 0.152 e. The van der Waals surface area contributed by atoms with Crippen LogP contribution in [0.15, 0.2) is 24.7 Å². The molecular weight excluding hydrogens is 190 g/mol. The van der Waals surface area contributed by atoms with Crippen LogP contribution in [0.2, 0.25) is 0 Å². The quantitative estimate of drug-likeness (QED) is 0.772. The largest absolute Gasteiger partial charge is 0.368 e. The van der Waals surface area contributed by atoms with Gasteiger partial charge in [-0.25, -0.2) is 9.50 Å². The van der Waals surface area contributed by atoms with Gasteiger partial charge in [-0.05, 0) is 18.5 Å². The molecule has 0 saturated carbocycles. The summed E-state index contributed by atoms with van der Waals surface area (Å²) in [7, 11) is 0. The summed E-state index contributed by atoms with van der Waals surface area (Å²) in [4.78, 5) is 4.27. The Bertz CT molecular complexity index is 436. The van der Waals surface area contributed by atoms with Crippen LogP contribution >= 0.6 is 0 Å². The van der Waals surface area contributed by atoms with Crippen molar-refractivity contribution in [2.24, 2.45) is 11.7 Å². The molecule has 3 N–H and O–H groups in total. The van der Waals surface area contributed by atoms with E-state index in [1.165, 1.54) is 0 Å². The van der Waals surface area contributed by atoms with E-state index >= 15 is 0 Å². The summed E-state index contributed by atoms with van der Waals surface area (Å²) in [6, 6.07) is 1.93. The highest BCUT2D eigenvalue weighted by atomic mass is 15.2. The fraction of sp³-hybridized carbons (Fsp3) is 0.400. The number of hydrogen-bond donors (Lipinski definition) is 2. The van der Waals surface area contributed by atoms with E-state index in [4.69, 9.17) is 5.73 Å². The van der Waals surface area contributed by atoms with Gasteiger partial charge in [-0.1, -0.05) is 6.92 Å². The lowest BCUT2D eigenvalue weighted by Gasteiger charge is -2.10. The first-order valence-electron chi connectivity index (χ1n) is 5.03. The first-order chi connectivity index (χ1) is 7.31. The molecule has 0 bridgehead atoms. The van der Waals surface area contributed by atoms with Gasteiger partial charge in [-0.3, -0.25) is 0 Å². The van der Waals surface area contributed by atoms with Gasteiger partial charge < -0.3 is 11.1 Å². The third kappa shape index (κ3) is 2.07. The third-order valence-electron chi connectivity index (χ3n) is 2.34. The van der Waals surface area contributed by atoms with E-state index in [0.29, 0.717) is 12.5 Å². The van der Waals surface area contributed by atoms with E-state index in [2.05, 4.69) is 22.3 Å². The first kappa shape index (κ1) is 9.92. The van der Waals surface area contributed by atoms with Crippen molar-refractivity contribution >= 4 is 11.3 Å². The Balaban J connectivity index is 2.17. The number of hydrogen-bond acceptors (Lipinski definition) is 4. The van der Waals surface area contributed by atoms with Crippen molar-refractivity contribution in [3.05, 3.63) is 24.7 Å². The smallest absolute Gasteiger partial charge is 0.152 e. The van der Waals surface area contributed by atoms with Crippen molar-refractivity contribution in [1.29, 1.82) is 0 Å². The molecule has 0 saturated heterocycles. The topological polar surface area (TPSA) is 68.2 Å². The van der Waals surface area contributed by atoms with Crippen molar-refractivity contribution in [3.63, 3.8) is 0 Å². The molecule has 0 aliphatic heterocycles. The van der Waals surface area contributed by atoms with E-state index in [1.54, 1.807) is 16.9 Å². The fourth-order valence-electron chi connectivity index (χ4n) is 1.35. The highest BCUT2D eigenvalue weighted by molar-refractivity contribution is 5.66. The minimum Gasteiger partial charge on any atom is -0.368 e. The molecule has 2 heterocycles. The van der Waals surface area contributed by atoms with E-state index in [1.807, 2.05) is 12.3 Å². The van der Waals surface area contributed by atoms with Gasteiger partial charge in [0, 0.05) is 18.9 Å². The molecule has 5 nitrogen and oxygen atoms in total. The Morgan fingerprint density at radius 3 is 3.20 bits per heavy atom. The Hall–Kier alpha value is -1.62. The maximum atomic E-state index is 5.55. The van der Waals surface area contributed by atoms with E-state index in [-0.39, 0.29) is 0 Å². The second-order valence-electron chi connectivity index (χ2n) is 3.66. The van der Waals surface area contributed by atoms with Gasteiger partial charge in [0.25, 0.3) is 0 Å². The van der Waals surface area contributed by atoms with Crippen LogP contribution < -0.4 is 11.1 Å². The van der Waals surface area contributed by atoms with Crippen LogP contribution in [0, 0.1) is 5.92 Å². The highest BCUT2D eigenvalue weighted by Crippen LogP contribution is 2.12. The molecule has 2 rings (SSSR count). The molecule has 1 unspecified atom stereocenters. The van der Waals surface area contributed by atoms with Crippen LogP contribution in [-0.2, 0) is 0 Å². The molecular formula is C10H15N5. The Morgan fingerprint density at radius 1 is 1.53 bits per heavy atom. The number of fused-ring (bicyclic) bond motifs is 1. The molecule has 0 radical (unpaired) electrons. The number of nitrogens with zero attached hydrogens (tertiary/aromatic N) is 3. The van der Waals surface area contributed by atoms with Gasteiger partial charge in [0.15, 0.2) is 5.82 Å². The lowest BCUT2D eigenvalue weighted by Crippen LogP contribution is -2.20. The van der Waals surface area contributed by atoms with Gasteiger partial charge in [0.05, 0.1) is 6.20 Å². The predicted molar refractivity (Wildman–Crippen MR) is 59.7 cm³/mol. The lowest BCUT2D eigenvalue weighted by molar-refractivity contribution is 0.627. The number of anilines is 1. The normalized spacial score (nSPS) is 12.9. The molecule has 1 atom stereocenters. The third-order valence-corrected chi connectivity index (χ3v) is 2.34. The molecule has 2 aromatic rings. The second kappa shape index (κ2) is 4.27. The fourth-order valence-corrected chi connectivity index (χ4v) is 1.35. The summed E-state index contributed by atoms with van der Waals surface area (Å²) in [5.41, 5.74) is 6.54. The first-order valence-corrected chi connectivity index (χ1v) is 5.03. The van der Waals surface area contributed by atoms with Gasteiger partial charge in [0.2, 0.25) is 0 Å². The minimum atomic E-state index is 0.440.